The van der Waals surface area contributed by atoms with Crippen molar-refractivity contribution in [2.45, 2.75) is 81.0 Å². The minimum absolute atomic E-state index is 0.156. The van der Waals surface area contributed by atoms with Gasteiger partial charge in [-0.3, -0.25) is 0 Å². The summed E-state index contributed by atoms with van der Waals surface area (Å²) in [4.78, 5) is 0.156. The molecule has 0 aliphatic carbocycles. The molecule has 1 aromatic rings. The molecule has 1 rings (SSSR count). The Hall–Kier alpha value is -0.101. The fourth-order valence-corrected chi connectivity index (χ4v) is 27.1. The van der Waals surface area contributed by atoms with Crippen LogP contribution in [0.25, 0.3) is 0 Å². The second-order valence-corrected chi connectivity index (χ2v) is 23.5. The molecule has 0 fully saturated rings. The Morgan fingerprint density at radius 3 is 1.67 bits per heavy atom. The van der Waals surface area contributed by atoms with Crippen molar-refractivity contribution < 1.29 is 12.8 Å². The van der Waals surface area contributed by atoms with Crippen molar-refractivity contribution in [3.63, 3.8) is 0 Å². The van der Waals surface area contributed by atoms with Gasteiger partial charge in [0.25, 0.3) is 0 Å². The number of rotatable bonds is 12. The predicted octanol–water partition coefficient (Wildman–Crippen LogP) is 6.14. The molecule has 0 amide bonds. The summed E-state index contributed by atoms with van der Waals surface area (Å²) in [7, 11) is -3.86. The van der Waals surface area contributed by atoms with E-state index in [-0.39, 0.29) is 4.90 Å². The van der Waals surface area contributed by atoms with Crippen molar-refractivity contribution in [2.75, 3.05) is 0 Å². The topological polar surface area (TPSA) is 34.1 Å². The monoisotopic (exact) mass is 464 g/mol. The first-order valence-electron chi connectivity index (χ1n) is 9.37. The van der Waals surface area contributed by atoms with Gasteiger partial charge in [0.1, 0.15) is 0 Å². The van der Waals surface area contributed by atoms with Gasteiger partial charge in [-0.1, -0.05) is 0 Å². The van der Waals surface area contributed by atoms with E-state index in [2.05, 4.69) is 20.8 Å². The summed E-state index contributed by atoms with van der Waals surface area (Å²) in [6.45, 7) is 6.32. The SMILES string of the molecule is CCC[CH2][Sn]([CH2]CCC)([CH2]CCC)[CH](F)S(=O)(=O)c1ccccc1. The summed E-state index contributed by atoms with van der Waals surface area (Å²) in [5.74, 6) is 0. The molecular formula is C19H33FO2SSn. The van der Waals surface area contributed by atoms with Crippen molar-refractivity contribution in [1.82, 2.24) is 0 Å². The van der Waals surface area contributed by atoms with Gasteiger partial charge in [-0.2, -0.15) is 0 Å². The molecule has 0 saturated carbocycles. The second kappa shape index (κ2) is 10.8. The first kappa shape index (κ1) is 21.9. The molecule has 0 aromatic heterocycles. The normalized spacial score (nSPS) is 13.8. The molecule has 1 unspecified atom stereocenters. The zero-order valence-electron chi connectivity index (χ0n) is 15.4. The van der Waals surface area contributed by atoms with Crippen LogP contribution >= 0.6 is 0 Å². The molecular weight excluding hydrogens is 430 g/mol. The Balaban J connectivity index is 3.22. The summed E-state index contributed by atoms with van der Waals surface area (Å²) < 4.78 is 42.5. The quantitative estimate of drug-likeness (QED) is 0.349. The van der Waals surface area contributed by atoms with Crippen molar-refractivity contribution in [3.05, 3.63) is 30.3 Å². The Kier molecular flexibility index (Phi) is 9.87. The molecule has 2 nitrogen and oxygen atoms in total. The molecule has 0 radical (unpaired) electrons. The number of hydrogen-bond acceptors (Lipinski definition) is 2. The van der Waals surface area contributed by atoms with Crippen LogP contribution < -0.4 is 0 Å². The van der Waals surface area contributed by atoms with Crippen molar-refractivity contribution >= 4 is 28.2 Å². The van der Waals surface area contributed by atoms with Crippen LogP contribution in [-0.4, -0.2) is 30.3 Å². The molecule has 1 atom stereocenters. The molecule has 0 N–H and O–H groups in total. The van der Waals surface area contributed by atoms with Gasteiger partial charge in [0.05, 0.1) is 0 Å². The van der Waals surface area contributed by atoms with Gasteiger partial charge >= 0.3 is 152 Å². The van der Waals surface area contributed by atoms with Crippen LogP contribution in [0, 0.1) is 0 Å². The van der Waals surface area contributed by atoms with Crippen LogP contribution in [0.15, 0.2) is 35.2 Å². The van der Waals surface area contributed by atoms with Gasteiger partial charge in [-0.15, -0.1) is 0 Å². The van der Waals surface area contributed by atoms with Gasteiger partial charge in [0.2, 0.25) is 0 Å². The van der Waals surface area contributed by atoms with Gasteiger partial charge in [-0.05, 0) is 0 Å². The Labute approximate surface area is 152 Å². The summed E-state index contributed by atoms with van der Waals surface area (Å²) in [6, 6.07) is 8.21. The molecule has 1 aromatic carbocycles. The Bertz CT molecular complexity index is 538. The average molecular weight is 463 g/mol. The van der Waals surface area contributed by atoms with E-state index in [1.54, 1.807) is 18.2 Å². The number of hydrogen-bond donors (Lipinski definition) is 0. The number of alkyl halides is 1. The molecule has 138 valence electrons. The Morgan fingerprint density at radius 1 is 0.875 bits per heavy atom. The van der Waals surface area contributed by atoms with E-state index in [1.807, 2.05) is 0 Å². The van der Waals surface area contributed by atoms with Crippen LogP contribution in [0.5, 0.6) is 0 Å². The molecule has 0 saturated heterocycles. The first-order valence-corrected chi connectivity index (χ1v) is 18.6. The van der Waals surface area contributed by atoms with Crippen LogP contribution in [0.4, 0.5) is 4.39 Å². The summed E-state index contributed by atoms with van der Waals surface area (Å²) in [6.07, 6.45) is 5.93. The number of halogens is 1. The molecule has 0 spiro atoms. The van der Waals surface area contributed by atoms with E-state index in [9.17, 15) is 8.42 Å². The van der Waals surface area contributed by atoms with E-state index in [4.69, 9.17) is 0 Å². The third-order valence-corrected chi connectivity index (χ3v) is 26.7. The van der Waals surface area contributed by atoms with E-state index < -0.39 is 31.7 Å². The zero-order chi connectivity index (χ0) is 18.1. The van der Waals surface area contributed by atoms with Crippen LogP contribution in [0.2, 0.25) is 13.3 Å². The first-order chi connectivity index (χ1) is 11.4. The van der Waals surface area contributed by atoms with Crippen LogP contribution in [-0.2, 0) is 9.84 Å². The van der Waals surface area contributed by atoms with Crippen molar-refractivity contribution in [2.24, 2.45) is 0 Å². The molecule has 24 heavy (non-hydrogen) atoms. The van der Waals surface area contributed by atoms with Gasteiger partial charge in [0.15, 0.2) is 0 Å². The van der Waals surface area contributed by atoms with Gasteiger partial charge < -0.3 is 0 Å². The summed E-state index contributed by atoms with van der Waals surface area (Å²) in [5, 5.41) is 0. The van der Waals surface area contributed by atoms with E-state index >= 15 is 4.39 Å². The van der Waals surface area contributed by atoms with E-state index in [0.29, 0.717) is 0 Å². The van der Waals surface area contributed by atoms with E-state index in [0.717, 1.165) is 51.8 Å². The second-order valence-electron chi connectivity index (χ2n) is 6.85. The maximum absolute atomic E-state index is 15.7. The van der Waals surface area contributed by atoms with Gasteiger partial charge in [0, 0.05) is 0 Å². The van der Waals surface area contributed by atoms with Crippen molar-refractivity contribution in [3.8, 4) is 0 Å². The predicted molar refractivity (Wildman–Crippen MR) is 103 cm³/mol. The number of unbranched alkanes of at least 4 members (excludes halogenated alkanes) is 3. The van der Waals surface area contributed by atoms with Crippen molar-refractivity contribution in [1.29, 1.82) is 0 Å². The fraction of sp³-hybridized carbons (Fsp3) is 0.684. The molecule has 0 bridgehead atoms. The average Bonchev–Trinajstić information content (AvgIpc) is 2.61. The molecule has 0 aliphatic heterocycles. The van der Waals surface area contributed by atoms with Crippen LogP contribution in [0.3, 0.4) is 0 Å². The number of benzene rings is 1. The Morgan fingerprint density at radius 2 is 1.29 bits per heavy atom. The minimum atomic E-state index is -3.86. The standard InChI is InChI=1S/C7H6FO2S.3C4H9.Sn/c8-6-11(9,10)7-4-2-1-3-5-7;3*1-3-4-2;/h1-6H;3*1,3-4H2,2H3;. The zero-order valence-corrected chi connectivity index (χ0v) is 19.1. The summed E-state index contributed by atoms with van der Waals surface area (Å²) >= 11 is -3.45. The third-order valence-electron chi connectivity index (χ3n) is 4.91. The molecule has 0 aliphatic rings. The third kappa shape index (κ3) is 5.72. The fourth-order valence-electron chi connectivity index (χ4n) is 3.36. The van der Waals surface area contributed by atoms with E-state index in [1.165, 1.54) is 12.1 Å². The molecule has 0 heterocycles. The maximum atomic E-state index is 15.7. The summed E-state index contributed by atoms with van der Waals surface area (Å²) in [5.41, 5.74) is 0. The molecule has 5 heteroatoms. The van der Waals surface area contributed by atoms with Gasteiger partial charge in [-0.25, -0.2) is 0 Å². The van der Waals surface area contributed by atoms with Crippen LogP contribution in [0.1, 0.15) is 59.3 Å². The number of sulfone groups is 1.